The highest BCUT2D eigenvalue weighted by Gasteiger charge is 2.22. The maximum atomic E-state index is 13.0. The molecule has 168 valence electrons. The molecule has 0 fully saturated rings. The summed E-state index contributed by atoms with van der Waals surface area (Å²) in [6.45, 7) is 6.05. The molecule has 3 aromatic rings. The first kappa shape index (κ1) is 23.8. The molecule has 0 unspecified atom stereocenters. The van der Waals surface area contributed by atoms with Crippen molar-refractivity contribution >= 4 is 33.2 Å². The minimum atomic E-state index is -3.98. The van der Waals surface area contributed by atoms with Crippen molar-refractivity contribution in [1.82, 2.24) is 5.32 Å². The van der Waals surface area contributed by atoms with E-state index in [0.29, 0.717) is 11.6 Å². The molecule has 0 spiro atoms. The Morgan fingerprint density at radius 1 is 0.969 bits per heavy atom. The number of sulfonamides is 1. The van der Waals surface area contributed by atoms with Crippen LogP contribution in [0.1, 0.15) is 47.8 Å². The van der Waals surface area contributed by atoms with Crippen LogP contribution in [0.4, 0.5) is 5.69 Å². The average Bonchev–Trinajstić information content (AvgIpc) is 2.73. The van der Waals surface area contributed by atoms with Crippen LogP contribution in [-0.2, 0) is 10.0 Å². The predicted octanol–water partition coefficient (Wildman–Crippen LogP) is 5.97. The fraction of sp³-hybridized carbons (Fsp3) is 0.240. The molecule has 0 aromatic heterocycles. The summed E-state index contributed by atoms with van der Waals surface area (Å²) in [5, 5.41) is 3.08. The van der Waals surface area contributed by atoms with Crippen LogP contribution in [0.5, 0.6) is 0 Å². The van der Waals surface area contributed by atoms with Gasteiger partial charge in [0, 0.05) is 11.3 Å². The third-order valence-electron chi connectivity index (χ3n) is 4.97. The molecule has 0 bridgehead atoms. The van der Waals surface area contributed by atoms with Gasteiger partial charge in [0.25, 0.3) is 15.9 Å². The topological polar surface area (TPSA) is 75.3 Å². The first-order valence-corrected chi connectivity index (χ1v) is 12.3. The summed E-state index contributed by atoms with van der Waals surface area (Å²) in [6.07, 6.45) is 0.753. The largest absolute Gasteiger partial charge is 0.345 e. The Morgan fingerprint density at radius 2 is 1.69 bits per heavy atom. The minimum absolute atomic E-state index is 0.0449. The highest BCUT2D eigenvalue weighted by molar-refractivity contribution is 7.92. The standard InChI is InChI=1S/C25H27ClN2O3S/c1-17(2)14-23(19-9-5-4-6-10-19)27-25(29)20-12-13-22(26)24(16-20)32(30,31)28-21-11-7-8-18(3)15-21/h4-13,15-17,23,28H,14H2,1-3H3,(H,27,29)/t23-/m1/s1. The van der Waals surface area contributed by atoms with Crippen molar-refractivity contribution in [2.24, 2.45) is 5.92 Å². The zero-order valence-electron chi connectivity index (χ0n) is 18.3. The fourth-order valence-corrected chi connectivity index (χ4v) is 5.02. The SMILES string of the molecule is Cc1cccc(NS(=O)(=O)c2cc(C(=O)N[C@H](CC(C)C)c3ccccc3)ccc2Cl)c1. The average molecular weight is 471 g/mol. The van der Waals surface area contributed by atoms with Gasteiger partial charge in [0.05, 0.1) is 11.1 Å². The van der Waals surface area contributed by atoms with E-state index in [0.717, 1.165) is 17.5 Å². The van der Waals surface area contributed by atoms with Crippen molar-refractivity contribution in [2.75, 3.05) is 4.72 Å². The van der Waals surface area contributed by atoms with Gasteiger partial charge in [-0.15, -0.1) is 0 Å². The molecule has 1 amide bonds. The molecule has 7 heteroatoms. The number of halogens is 1. The Kier molecular flexibility index (Phi) is 7.59. The van der Waals surface area contributed by atoms with Crippen LogP contribution in [0, 0.1) is 12.8 Å². The lowest BCUT2D eigenvalue weighted by molar-refractivity contribution is 0.0931. The van der Waals surface area contributed by atoms with E-state index in [-0.39, 0.29) is 27.4 Å². The Morgan fingerprint density at radius 3 is 2.34 bits per heavy atom. The molecule has 0 aliphatic carbocycles. The molecule has 0 saturated heterocycles. The van der Waals surface area contributed by atoms with E-state index in [1.54, 1.807) is 18.2 Å². The maximum Gasteiger partial charge on any atom is 0.263 e. The number of aryl methyl sites for hydroxylation is 1. The molecule has 2 N–H and O–H groups in total. The van der Waals surface area contributed by atoms with Gasteiger partial charge in [-0.2, -0.15) is 0 Å². The number of carbonyl (C=O) groups excluding carboxylic acids is 1. The van der Waals surface area contributed by atoms with Gasteiger partial charge in [0.15, 0.2) is 0 Å². The van der Waals surface area contributed by atoms with Gasteiger partial charge in [-0.1, -0.05) is 67.9 Å². The predicted molar refractivity (Wildman–Crippen MR) is 130 cm³/mol. The molecule has 32 heavy (non-hydrogen) atoms. The maximum absolute atomic E-state index is 13.0. The first-order chi connectivity index (χ1) is 15.2. The van der Waals surface area contributed by atoms with Gasteiger partial charge in [-0.25, -0.2) is 8.42 Å². The zero-order valence-corrected chi connectivity index (χ0v) is 19.9. The second kappa shape index (κ2) is 10.2. The fourth-order valence-electron chi connectivity index (χ4n) is 3.45. The number of anilines is 1. The van der Waals surface area contributed by atoms with E-state index < -0.39 is 10.0 Å². The van der Waals surface area contributed by atoms with Gasteiger partial charge in [-0.05, 0) is 60.7 Å². The number of nitrogens with one attached hydrogen (secondary N) is 2. The van der Waals surface area contributed by atoms with E-state index in [2.05, 4.69) is 23.9 Å². The van der Waals surface area contributed by atoms with E-state index >= 15 is 0 Å². The van der Waals surface area contributed by atoms with Crippen molar-refractivity contribution < 1.29 is 13.2 Å². The summed E-state index contributed by atoms with van der Waals surface area (Å²) in [5.74, 6) is 0.00312. The molecule has 0 heterocycles. The second-order valence-electron chi connectivity index (χ2n) is 8.19. The van der Waals surface area contributed by atoms with Crippen LogP contribution < -0.4 is 10.0 Å². The van der Waals surface area contributed by atoms with Crippen molar-refractivity contribution in [1.29, 1.82) is 0 Å². The molecule has 5 nitrogen and oxygen atoms in total. The summed E-state index contributed by atoms with van der Waals surface area (Å²) in [4.78, 5) is 12.9. The second-order valence-corrected chi connectivity index (χ2v) is 10.2. The lowest BCUT2D eigenvalue weighted by Gasteiger charge is -2.21. The number of rotatable bonds is 8. The third kappa shape index (κ3) is 6.11. The van der Waals surface area contributed by atoms with Gasteiger partial charge in [0.2, 0.25) is 0 Å². The van der Waals surface area contributed by atoms with Crippen LogP contribution in [0.3, 0.4) is 0 Å². The molecule has 3 aromatic carbocycles. The van der Waals surface area contributed by atoms with Crippen LogP contribution >= 0.6 is 11.6 Å². The normalized spacial score (nSPS) is 12.4. The summed E-state index contributed by atoms with van der Waals surface area (Å²) in [7, 11) is -3.98. The first-order valence-electron chi connectivity index (χ1n) is 10.4. The third-order valence-corrected chi connectivity index (χ3v) is 6.83. The Balaban J connectivity index is 1.87. The van der Waals surface area contributed by atoms with E-state index in [1.807, 2.05) is 43.3 Å². The van der Waals surface area contributed by atoms with E-state index in [1.165, 1.54) is 18.2 Å². The van der Waals surface area contributed by atoms with Crippen LogP contribution in [-0.4, -0.2) is 14.3 Å². The zero-order chi connectivity index (χ0) is 23.3. The van der Waals surface area contributed by atoms with Crippen molar-refractivity contribution in [3.8, 4) is 0 Å². The Bertz CT molecular complexity index is 1190. The monoisotopic (exact) mass is 470 g/mol. The summed E-state index contributed by atoms with van der Waals surface area (Å²) < 4.78 is 28.5. The lowest BCUT2D eigenvalue weighted by Crippen LogP contribution is -2.29. The minimum Gasteiger partial charge on any atom is -0.345 e. The quantitative estimate of drug-likeness (QED) is 0.426. The summed E-state index contributed by atoms with van der Waals surface area (Å²) >= 11 is 6.20. The molecule has 0 saturated carbocycles. The van der Waals surface area contributed by atoms with E-state index in [4.69, 9.17) is 11.6 Å². The van der Waals surface area contributed by atoms with Gasteiger partial charge in [-0.3, -0.25) is 9.52 Å². The van der Waals surface area contributed by atoms with Crippen molar-refractivity contribution in [3.05, 3.63) is 94.5 Å². The Labute approximate surface area is 194 Å². The number of hydrogen-bond acceptors (Lipinski definition) is 3. The molecular formula is C25H27ClN2O3S. The molecule has 3 rings (SSSR count). The Hall–Kier alpha value is -2.83. The van der Waals surface area contributed by atoms with Crippen LogP contribution in [0.25, 0.3) is 0 Å². The smallest absolute Gasteiger partial charge is 0.263 e. The van der Waals surface area contributed by atoms with E-state index in [9.17, 15) is 13.2 Å². The lowest BCUT2D eigenvalue weighted by atomic mass is 9.96. The molecule has 1 atom stereocenters. The molecule has 0 aliphatic heterocycles. The molecule has 0 radical (unpaired) electrons. The molecule has 0 aliphatic rings. The van der Waals surface area contributed by atoms with Gasteiger partial charge < -0.3 is 5.32 Å². The summed E-state index contributed by atoms with van der Waals surface area (Å²) in [6, 6.07) is 20.8. The van der Waals surface area contributed by atoms with Gasteiger partial charge >= 0.3 is 0 Å². The van der Waals surface area contributed by atoms with Crippen molar-refractivity contribution in [3.63, 3.8) is 0 Å². The summed E-state index contributed by atoms with van der Waals surface area (Å²) in [5.41, 5.74) is 2.57. The number of benzene rings is 3. The highest BCUT2D eigenvalue weighted by Crippen LogP contribution is 2.27. The molecular weight excluding hydrogens is 444 g/mol. The number of hydrogen-bond donors (Lipinski definition) is 2. The number of carbonyl (C=O) groups is 1. The van der Waals surface area contributed by atoms with Crippen LogP contribution in [0.2, 0.25) is 5.02 Å². The number of amides is 1. The van der Waals surface area contributed by atoms with Crippen molar-refractivity contribution in [2.45, 2.75) is 38.1 Å². The van der Waals surface area contributed by atoms with Crippen LogP contribution in [0.15, 0.2) is 77.7 Å². The highest BCUT2D eigenvalue weighted by atomic mass is 35.5. The van der Waals surface area contributed by atoms with Gasteiger partial charge in [0.1, 0.15) is 4.90 Å².